The van der Waals surface area contributed by atoms with E-state index in [0.29, 0.717) is 38.1 Å². The largest absolute Gasteiger partial charge is 0.325 e. The number of halogens is 2. The van der Waals surface area contributed by atoms with Gasteiger partial charge in [-0.15, -0.1) is 0 Å². The van der Waals surface area contributed by atoms with Crippen molar-refractivity contribution in [1.29, 1.82) is 5.26 Å². The topological polar surface area (TPSA) is 65.8 Å². The summed E-state index contributed by atoms with van der Waals surface area (Å²) in [6.45, 7) is 2.01. The fourth-order valence-electron chi connectivity index (χ4n) is 3.36. The summed E-state index contributed by atoms with van der Waals surface area (Å²) in [5.41, 5.74) is 4.90. The third-order valence-corrected chi connectivity index (χ3v) is 6.38. The number of aryl methyl sites for hydroxylation is 1. The highest BCUT2D eigenvalue weighted by molar-refractivity contribution is 8.00. The van der Waals surface area contributed by atoms with Gasteiger partial charge in [-0.2, -0.15) is 5.26 Å². The van der Waals surface area contributed by atoms with Gasteiger partial charge in [0.25, 0.3) is 0 Å². The van der Waals surface area contributed by atoms with Crippen LogP contribution in [0.2, 0.25) is 5.02 Å². The molecule has 0 saturated carbocycles. The molecule has 1 N–H and O–H groups in total. The second kappa shape index (κ2) is 10.5. The summed E-state index contributed by atoms with van der Waals surface area (Å²) in [5, 5.41) is 13.7. The van der Waals surface area contributed by atoms with Crippen molar-refractivity contribution >= 4 is 35.0 Å². The SMILES string of the molecule is Cc1ccc(-c2cc(-c3ccccc3Cl)c(C#N)c(SCC(=O)Nc3ccc(F)cc3)n2)cc1. The number of rotatable bonds is 6. The summed E-state index contributed by atoms with van der Waals surface area (Å²) in [6, 6.07) is 24.9. The zero-order chi connectivity index (χ0) is 24.1. The Labute approximate surface area is 206 Å². The van der Waals surface area contributed by atoms with Gasteiger partial charge in [0.05, 0.1) is 17.0 Å². The number of nitrogens with zero attached hydrogens (tertiary/aromatic N) is 2. The van der Waals surface area contributed by atoms with Crippen LogP contribution in [0, 0.1) is 24.1 Å². The Balaban J connectivity index is 1.70. The molecule has 1 amide bonds. The lowest BCUT2D eigenvalue weighted by Crippen LogP contribution is -2.14. The van der Waals surface area contributed by atoms with Gasteiger partial charge in [0.1, 0.15) is 16.9 Å². The molecule has 4 rings (SSSR count). The quantitative estimate of drug-likeness (QED) is 0.294. The van der Waals surface area contributed by atoms with E-state index in [4.69, 9.17) is 16.6 Å². The molecule has 7 heteroatoms. The number of nitrogens with one attached hydrogen (secondary N) is 1. The van der Waals surface area contributed by atoms with Crippen molar-refractivity contribution in [2.75, 3.05) is 11.1 Å². The standard InChI is InChI=1S/C27H19ClFN3OS/c1-17-6-8-18(9-7-17)25-14-22(21-4-2-3-5-24(21)28)23(15-30)27(32-25)34-16-26(33)31-20-12-10-19(29)11-13-20/h2-14H,16H2,1H3,(H,31,33). The fourth-order valence-corrected chi connectivity index (χ4v) is 4.40. The van der Waals surface area contributed by atoms with Crippen molar-refractivity contribution in [2.24, 2.45) is 0 Å². The number of hydrogen-bond donors (Lipinski definition) is 1. The van der Waals surface area contributed by atoms with Crippen LogP contribution < -0.4 is 5.32 Å². The molecule has 0 unspecified atom stereocenters. The van der Waals surface area contributed by atoms with Gasteiger partial charge in [-0.05, 0) is 43.3 Å². The monoisotopic (exact) mass is 487 g/mol. The van der Waals surface area contributed by atoms with Crippen molar-refractivity contribution in [3.05, 3.63) is 101 Å². The van der Waals surface area contributed by atoms with E-state index in [9.17, 15) is 14.4 Å². The first-order chi connectivity index (χ1) is 16.4. The van der Waals surface area contributed by atoms with Gasteiger partial charge in [-0.3, -0.25) is 4.79 Å². The van der Waals surface area contributed by atoms with Crippen molar-refractivity contribution < 1.29 is 9.18 Å². The summed E-state index contributed by atoms with van der Waals surface area (Å²) in [7, 11) is 0. The normalized spacial score (nSPS) is 10.5. The Hall–Kier alpha value is -3.66. The highest BCUT2D eigenvalue weighted by Crippen LogP contribution is 2.37. The number of nitriles is 1. The minimum atomic E-state index is -0.379. The number of pyridine rings is 1. The Kier molecular flexibility index (Phi) is 7.27. The van der Waals surface area contributed by atoms with Gasteiger partial charge in [0, 0.05) is 27.4 Å². The molecule has 0 aliphatic carbocycles. The summed E-state index contributed by atoms with van der Waals surface area (Å²) < 4.78 is 13.1. The molecule has 0 aliphatic heterocycles. The molecule has 0 spiro atoms. The van der Waals surface area contributed by atoms with Gasteiger partial charge < -0.3 is 5.32 Å². The average molecular weight is 488 g/mol. The van der Waals surface area contributed by atoms with E-state index in [1.807, 2.05) is 55.5 Å². The summed E-state index contributed by atoms with van der Waals surface area (Å²) in [4.78, 5) is 17.2. The molecular formula is C27H19ClFN3OS. The van der Waals surface area contributed by atoms with Gasteiger partial charge in [0.15, 0.2) is 0 Å². The number of carbonyl (C=O) groups is 1. The Morgan fingerprint density at radius 1 is 1.06 bits per heavy atom. The number of hydrogen-bond acceptors (Lipinski definition) is 4. The molecule has 0 aliphatic rings. The Bertz CT molecular complexity index is 1380. The van der Waals surface area contributed by atoms with E-state index < -0.39 is 0 Å². The second-order valence-corrected chi connectivity index (χ2v) is 8.91. The van der Waals surface area contributed by atoms with E-state index in [1.165, 1.54) is 36.0 Å². The first-order valence-corrected chi connectivity index (χ1v) is 11.8. The van der Waals surface area contributed by atoms with Crippen LogP contribution in [0.5, 0.6) is 0 Å². The highest BCUT2D eigenvalue weighted by Gasteiger charge is 2.18. The van der Waals surface area contributed by atoms with E-state index in [1.54, 1.807) is 6.07 Å². The molecule has 4 nitrogen and oxygen atoms in total. The molecule has 34 heavy (non-hydrogen) atoms. The first kappa shape index (κ1) is 23.5. The Morgan fingerprint density at radius 2 is 1.76 bits per heavy atom. The minimum Gasteiger partial charge on any atom is -0.325 e. The maximum absolute atomic E-state index is 13.1. The van der Waals surface area contributed by atoms with E-state index in [-0.39, 0.29) is 17.5 Å². The fraction of sp³-hybridized carbons (Fsp3) is 0.0741. The van der Waals surface area contributed by atoms with Gasteiger partial charge >= 0.3 is 0 Å². The van der Waals surface area contributed by atoms with Crippen molar-refractivity contribution in [3.8, 4) is 28.5 Å². The van der Waals surface area contributed by atoms with Crippen LogP contribution in [0.3, 0.4) is 0 Å². The van der Waals surface area contributed by atoms with Gasteiger partial charge in [0.2, 0.25) is 5.91 Å². The lowest BCUT2D eigenvalue weighted by Gasteiger charge is -2.14. The molecule has 168 valence electrons. The maximum Gasteiger partial charge on any atom is 0.234 e. The summed E-state index contributed by atoms with van der Waals surface area (Å²) in [5.74, 6) is -0.643. The van der Waals surface area contributed by atoms with Crippen LogP contribution in [0.15, 0.2) is 83.9 Å². The number of aromatic nitrogens is 1. The number of carbonyl (C=O) groups excluding carboxylic acids is 1. The van der Waals surface area contributed by atoms with Crippen LogP contribution in [0.25, 0.3) is 22.4 Å². The lowest BCUT2D eigenvalue weighted by atomic mass is 9.99. The average Bonchev–Trinajstić information content (AvgIpc) is 2.84. The van der Waals surface area contributed by atoms with E-state index in [0.717, 1.165) is 11.1 Å². The number of anilines is 1. The van der Waals surface area contributed by atoms with Crippen LogP contribution in [-0.4, -0.2) is 16.6 Å². The lowest BCUT2D eigenvalue weighted by molar-refractivity contribution is -0.113. The number of amides is 1. The molecule has 1 heterocycles. The van der Waals surface area contributed by atoms with E-state index in [2.05, 4.69) is 11.4 Å². The summed E-state index contributed by atoms with van der Waals surface area (Å²) in [6.07, 6.45) is 0. The van der Waals surface area contributed by atoms with Crippen LogP contribution >= 0.6 is 23.4 Å². The zero-order valence-corrected chi connectivity index (χ0v) is 19.8. The van der Waals surface area contributed by atoms with Crippen LogP contribution in [-0.2, 0) is 4.79 Å². The molecule has 0 radical (unpaired) electrons. The van der Waals surface area contributed by atoms with Crippen molar-refractivity contribution in [2.45, 2.75) is 11.9 Å². The zero-order valence-electron chi connectivity index (χ0n) is 18.2. The molecule has 0 fully saturated rings. The smallest absolute Gasteiger partial charge is 0.234 e. The van der Waals surface area contributed by atoms with E-state index >= 15 is 0 Å². The third-order valence-electron chi connectivity index (χ3n) is 5.08. The third kappa shape index (κ3) is 5.45. The van der Waals surface area contributed by atoms with Crippen LogP contribution in [0.4, 0.5) is 10.1 Å². The number of thioether (sulfide) groups is 1. The molecule has 0 atom stereocenters. The molecule has 0 bridgehead atoms. The van der Waals surface area contributed by atoms with Crippen LogP contribution in [0.1, 0.15) is 11.1 Å². The number of benzene rings is 3. The molecule has 0 saturated heterocycles. The highest BCUT2D eigenvalue weighted by atomic mass is 35.5. The second-order valence-electron chi connectivity index (χ2n) is 7.54. The predicted molar refractivity (Wildman–Crippen MR) is 135 cm³/mol. The van der Waals surface area contributed by atoms with Crippen molar-refractivity contribution in [3.63, 3.8) is 0 Å². The van der Waals surface area contributed by atoms with Gasteiger partial charge in [-0.25, -0.2) is 9.37 Å². The molecule has 3 aromatic carbocycles. The molecule has 1 aromatic heterocycles. The van der Waals surface area contributed by atoms with Gasteiger partial charge in [-0.1, -0.05) is 71.4 Å². The minimum absolute atomic E-state index is 0.0262. The first-order valence-electron chi connectivity index (χ1n) is 10.4. The summed E-state index contributed by atoms with van der Waals surface area (Å²) >= 11 is 7.63. The van der Waals surface area contributed by atoms with Crippen molar-refractivity contribution in [1.82, 2.24) is 4.98 Å². The molecule has 4 aromatic rings. The maximum atomic E-state index is 13.1. The Morgan fingerprint density at radius 3 is 2.44 bits per heavy atom. The predicted octanol–water partition coefficient (Wildman–Crippen LogP) is 7.12. The molecular weight excluding hydrogens is 469 g/mol.